The van der Waals surface area contributed by atoms with Crippen LogP contribution in [-0.4, -0.2) is 417 Å². The van der Waals surface area contributed by atoms with Gasteiger partial charge in [0.2, 0.25) is 82.7 Å². The minimum atomic E-state index is -0.438. The molecule has 0 heterocycles. The van der Waals surface area contributed by atoms with Crippen LogP contribution >= 0.6 is 11.8 Å². The maximum absolute atomic E-state index is 14.1. The molecule has 0 unspecified atom stereocenters. The average molecular weight is 1790 g/mol. The number of thioether (sulfide) groups is 1. The van der Waals surface area contributed by atoms with Crippen molar-refractivity contribution in [2.45, 2.75) is 88.4 Å². The first-order valence-corrected chi connectivity index (χ1v) is 44.9. The van der Waals surface area contributed by atoms with Crippen LogP contribution < -0.4 is 126 Å². The van der Waals surface area contributed by atoms with Gasteiger partial charge >= 0.3 is 0 Å². The topological polar surface area (TPSA) is 667 Å². The standard InChI is InChI=1S/C79H152N30O15S/c1-125-64-4-2-63(3-5-64)79(124)102-41-61-109(62-78(123)101-40-60-108(52-16-75(120)98-37-57-105(46-10-69(114)92-31-23-84)47-11-70(115)93-32-24-85)53-17-76(121)99-38-58-106(48-12-71(116)94-33-25-86)49-13-72(117)95-34-26-87)54-18-77(122)100-39-59-107(50-14-73(118)96-35-55-103(42-6-65(110)88-27-19-80)43-7-66(111)89-28-20-81)51-15-74(119)97-36-56-104(44-8-67(112)90-29-21-82)45-9-68(113)91-30-22-83/h2-5H,6-62,80-87H2,1H3,(H,88,110)(H,89,111)(H,90,112)(H,91,113)(H,92,114)(H,93,115)(H,94,116)(H,95,117)(H,96,118)(H,97,119)(H,98,120)(H,99,121)(H,100,122)(H,101,123)(H,102,124). The van der Waals surface area contributed by atoms with Gasteiger partial charge in [-0.3, -0.25) is 76.8 Å². The van der Waals surface area contributed by atoms with Crippen molar-refractivity contribution in [1.82, 2.24) is 114 Å². The number of hydrogen-bond donors (Lipinski definition) is 23. The summed E-state index contributed by atoms with van der Waals surface area (Å²) in [7, 11) is 0. The molecule has 0 fully saturated rings. The number of amides is 15. The molecule has 0 spiro atoms. The Hall–Kier alpha value is -8.98. The zero-order valence-electron chi connectivity index (χ0n) is 73.9. The first-order chi connectivity index (χ1) is 60.3. The second-order valence-corrected chi connectivity index (χ2v) is 30.1. The molecule has 1 aromatic rings. The van der Waals surface area contributed by atoms with E-state index in [1.807, 2.05) is 47.8 Å². The third-order valence-corrected chi connectivity index (χ3v) is 19.9. The number of carbonyl (C=O) groups is 15. The van der Waals surface area contributed by atoms with Crippen LogP contribution in [0.5, 0.6) is 0 Å². The van der Waals surface area contributed by atoms with E-state index in [9.17, 15) is 71.9 Å². The minimum Gasteiger partial charge on any atom is -0.355 e. The highest BCUT2D eigenvalue weighted by Gasteiger charge is 2.22. The molecule has 0 aliphatic carbocycles. The van der Waals surface area contributed by atoms with Crippen LogP contribution in [0.4, 0.5) is 0 Å². The van der Waals surface area contributed by atoms with Gasteiger partial charge in [0.05, 0.1) is 6.54 Å². The van der Waals surface area contributed by atoms with E-state index >= 15 is 0 Å². The fourth-order valence-corrected chi connectivity index (χ4v) is 12.5. The SMILES string of the molecule is CSc1ccc(C(=O)NCCN(CCC(=O)NCCN(CCC(=O)NCCN(CCC(=O)NCCN)CCC(=O)NCCN)CCC(=O)NCCN(CCC(=O)NCCN)CCC(=O)NCCN)CC(=O)NCCN(CCC(=O)NCCN(CCC(=O)NCCN)CCC(=O)NCCN)CCC(=O)NCCN(CCC(=O)NCCN)CCC(=O)NCCN)cc1. The Balaban J connectivity index is 3.51. The summed E-state index contributed by atoms with van der Waals surface area (Å²) in [6.07, 6.45) is 2.79. The lowest BCUT2D eigenvalue weighted by atomic mass is 10.2. The van der Waals surface area contributed by atoms with E-state index in [4.69, 9.17) is 45.9 Å². The van der Waals surface area contributed by atoms with Crippen molar-refractivity contribution in [3.63, 3.8) is 0 Å². The quantitative estimate of drug-likeness (QED) is 0.0269. The Morgan fingerprint density at radius 2 is 0.360 bits per heavy atom. The summed E-state index contributed by atoms with van der Waals surface area (Å²) in [5.41, 5.74) is 45.0. The van der Waals surface area contributed by atoms with Crippen molar-refractivity contribution in [3.8, 4) is 0 Å². The summed E-state index contributed by atoms with van der Waals surface area (Å²) in [5.74, 6) is -4.21. The van der Waals surface area contributed by atoms with E-state index in [1.165, 1.54) is 11.8 Å². The highest BCUT2D eigenvalue weighted by molar-refractivity contribution is 7.98. The minimum absolute atomic E-state index is 0.0137. The number of carbonyl (C=O) groups excluding carboxylic acids is 15. The molecule has 46 heteroatoms. The molecule has 0 aromatic heterocycles. The summed E-state index contributed by atoms with van der Waals surface area (Å²) in [6, 6.07) is 7.05. The second-order valence-electron chi connectivity index (χ2n) is 29.3. The lowest BCUT2D eigenvalue weighted by Gasteiger charge is -2.25. The van der Waals surface area contributed by atoms with Crippen LogP contribution in [0.3, 0.4) is 0 Å². The number of nitrogens with zero attached hydrogens (tertiary/aromatic N) is 7. The van der Waals surface area contributed by atoms with Crippen LogP contribution in [0.2, 0.25) is 0 Å². The summed E-state index contributed by atoms with van der Waals surface area (Å²) in [4.78, 5) is 210. The van der Waals surface area contributed by atoms with Gasteiger partial charge in [-0.25, -0.2) is 0 Å². The molecule has 0 aliphatic heterocycles. The maximum atomic E-state index is 14.1. The lowest BCUT2D eigenvalue weighted by Crippen LogP contribution is -2.45. The number of rotatable bonds is 80. The summed E-state index contributed by atoms with van der Waals surface area (Å²) >= 11 is 1.52. The predicted molar refractivity (Wildman–Crippen MR) is 480 cm³/mol. The fraction of sp³-hybridized carbons (Fsp3) is 0.734. The van der Waals surface area contributed by atoms with E-state index in [0.717, 1.165) is 4.90 Å². The zero-order chi connectivity index (χ0) is 92.3. The van der Waals surface area contributed by atoms with Gasteiger partial charge in [-0.05, 0) is 30.5 Å². The Morgan fingerprint density at radius 1 is 0.208 bits per heavy atom. The summed E-state index contributed by atoms with van der Waals surface area (Å²) < 4.78 is 0. The third-order valence-electron chi connectivity index (χ3n) is 19.2. The van der Waals surface area contributed by atoms with E-state index in [-0.39, 0.29) is 317 Å². The van der Waals surface area contributed by atoms with Crippen LogP contribution in [0, 0.1) is 0 Å². The first-order valence-electron chi connectivity index (χ1n) is 43.7. The number of hydrogen-bond acceptors (Lipinski definition) is 31. The molecule has 1 aromatic carbocycles. The third kappa shape index (κ3) is 65.3. The molecule has 0 atom stereocenters. The molecule has 31 N–H and O–H groups in total. The van der Waals surface area contributed by atoms with Gasteiger partial charge in [-0.1, -0.05) is 0 Å². The largest absolute Gasteiger partial charge is 0.355 e. The van der Waals surface area contributed by atoms with Gasteiger partial charge in [-0.2, -0.15) is 0 Å². The van der Waals surface area contributed by atoms with Crippen molar-refractivity contribution in [2.24, 2.45) is 45.9 Å². The maximum Gasteiger partial charge on any atom is 0.251 e. The van der Waals surface area contributed by atoms with Gasteiger partial charge in [-0.15, -0.1) is 11.8 Å². The monoisotopic (exact) mass is 1790 g/mol. The molecule has 0 bridgehead atoms. The Morgan fingerprint density at radius 3 is 0.536 bits per heavy atom. The van der Waals surface area contributed by atoms with Crippen molar-refractivity contribution in [3.05, 3.63) is 29.8 Å². The molecule has 125 heavy (non-hydrogen) atoms. The highest BCUT2D eigenvalue weighted by atomic mass is 32.2. The number of benzene rings is 1. The van der Waals surface area contributed by atoms with E-state index in [2.05, 4.69) is 79.8 Å². The molecule has 45 nitrogen and oxygen atoms in total. The van der Waals surface area contributed by atoms with Gasteiger partial charge in [0.15, 0.2) is 0 Å². The predicted octanol–water partition coefficient (Wildman–Crippen LogP) is -11.4. The van der Waals surface area contributed by atoms with E-state index in [0.29, 0.717) is 136 Å². The van der Waals surface area contributed by atoms with E-state index in [1.54, 1.807) is 17.0 Å². The van der Waals surface area contributed by atoms with Gasteiger partial charge in [0.25, 0.3) is 5.91 Å². The lowest BCUT2D eigenvalue weighted by molar-refractivity contribution is -0.124. The smallest absolute Gasteiger partial charge is 0.251 e. The molecule has 0 aliphatic rings. The molecule has 0 saturated carbocycles. The van der Waals surface area contributed by atoms with E-state index < -0.39 is 11.8 Å². The van der Waals surface area contributed by atoms with Gasteiger partial charge in [0.1, 0.15) is 0 Å². The molecule has 0 radical (unpaired) electrons. The van der Waals surface area contributed by atoms with Crippen LogP contribution in [0.25, 0.3) is 0 Å². The molecule has 1 rings (SSSR count). The fourth-order valence-electron chi connectivity index (χ4n) is 12.1. The Bertz CT molecular complexity index is 2990. The van der Waals surface area contributed by atoms with Crippen molar-refractivity contribution in [2.75, 3.05) is 294 Å². The van der Waals surface area contributed by atoms with Gasteiger partial charge in [0, 0.05) is 375 Å². The number of nitrogens with one attached hydrogen (secondary N) is 15. The molecule has 714 valence electrons. The number of nitrogens with two attached hydrogens (primary N) is 8. The zero-order valence-corrected chi connectivity index (χ0v) is 74.7. The first kappa shape index (κ1) is 114. The van der Waals surface area contributed by atoms with Crippen molar-refractivity contribution >= 4 is 100 Å². The average Bonchev–Trinajstić information content (AvgIpc) is 0.909. The van der Waals surface area contributed by atoms with Crippen LogP contribution in [-0.2, 0) is 67.1 Å². The summed E-state index contributed by atoms with van der Waals surface area (Å²) in [6.45, 7) is 10.1. The molecular formula is C79H152N30O15S. The van der Waals surface area contributed by atoms with Crippen molar-refractivity contribution < 1.29 is 71.9 Å². The van der Waals surface area contributed by atoms with Crippen LogP contribution in [0.1, 0.15) is 93.8 Å². The van der Waals surface area contributed by atoms with Gasteiger partial charge < -0.3 is 155 Å². The van der Waals surface area contributed by atoms with Crippen molar-refractivity contribution in [1.29, 1.82) is 0 Å². The molecule has 15 amide bonds. The normalized spacial score (nSPS) is 11.2. The molecule has 0 saturated heterocycles. The summed E-state index contributed by atoms with van der Waals surface area (Å²) in [5, 5.41) is 42.3. The Labute approximate surface area is 741 Å². The Kier molecular flexibility index (Phi) is 69.6. The highest BCUT2D eigenvalue weighted by Crippen LogP contribution is 2.15. The second kappa shape index (κ2) is 76.3. The molecular weight excluding hydrogens is 1640 g/mol. The van der Waals surface area contributed by atoms with Crippen LogP contribution in [0.15, 0.2) is 29.2 Å².